The fourth-order valence-electron chi connectivity index (χ4n) is 2.95. The van der Waals surface area contributed by atoms with Crippen LogP contribution in [0, 0.1) is 11.8 Å². The minimum atomic E-state index is 0.0180. The molecule has 3 N–H and O–H groups in total. The van der Waals surface area contributed by atoms with E-state index in [0.717, 1.165) is 12.8 Å². The molecule has 1 aliphatic rings. The Morgan fingerprint density at radius 2 is 2.11 bits per heavy atom. The number of rotatable bonds is 3. The molecule has 18 heavy (non-hydrogen) atoms. The number of carbonyl (C=O) groups is 1. The zero-order valence-electron chi connectivity index (χ0n) is 11.1. The first-order valence-corrected chi connectivity index (χ1v) is 6.61. The second-order valence-electron chi connectivity index (χ2n) is 5.62. The summed E-state index contributed by atoms with van der Waals surface area (Å²) in [7, 11) is 0. The molecular weight excluding hydrogens is 228 g/mol. The van der Waals surface area contributed by atoms with E-state index < -0.39 is 0 Å². The van der Waals surface area contributed by atoms with Crippen molar-refractivity contribution in [3.63, 3.8) is 0 Å². The van der Waals surface area contributed by atoms with E-state index in [1.807, 2.05) is 0 Å². The highest BCUT2D eigenvalue weighted by Gasteiger charge is 2.24. The van der Waals surface area contributed by atoms with Gasteiger partial charge in [0.1, 0.15) is 12.4 Å². The standard InChI is InChI=1S/C13H22N4O/c1-9-5-10(2)7-11(6-9)15-13(18)8-17-4-3-12(14)16-17/h3-4,9-11H,5-8H2,1-2H3,(H2,14,16)(H,15,18). The van der Waals surface area contributed by atoms with Crippen molar-refractivity contribution in [1.29, 1.82) is 0 Å². The molecule has 1 amide bonds. The molecule has 1 aromatic rings. The Labute approximate surface area is 108 Å². The highest BCUT2D eigenvalue weighted by Crippen LogP contribution is 2.28. The quantitative estimate of drug-likeness (QED) is 0.851. The first-order valence-electron chi connectivity index (χ1n) is 6.61. The number of anilines is 1. The Morgan fingerprint density at radius 3 is 2.67 bits per heavy atom. The summed E-state index contributed by atoms with van der Waals surface area (Å²) in [5, 5.41) is 7.10. The van der Waals surface area contributed by atoms with Crippen LogP contribution < -0.4 is 11.1 Å². The molecule has 1 aromatic heterocycles. The highest BCUT2D eigenvalue weighted by atomic mass is 16.2. The third-order valence-corrected chi connectivity index (χ3v) is 3.51. The summed E-state index contributed by atoms with van der Waals surface area (Å²) in [6, 6.07) is 2.00. The number of nitrogens with one attached hydrogen (secondary N) is 1. The number of amides is 1. The minimum absolute atomic E-state index is 0.0180. The van der Waals surface area contributed by atoms with Crippen molar-refractivity contribution in [1.82, 2.24) is 15.1 Å². The van der Waals surface area contributed by atoms with Crippen molar-refractivity contribution in [2.24, 2.45) is 11.8 Å². The second-order valence-corrected chi connectivity index (χ2v) is 5.62. The van der Waals surface area contributed by atoms with Gasteiger partial charge in [0.05, 0.1) is 0 Å². The number of aromatic nitrogens is 2. The van der Waals surface area contributed by atoms with Crippen LogP contribution in [0.5, 0.6) is 0 Å². The predicted molar refractivity (Wildman–Crippen MR) is 70.7 cm³/mol. The summed E-state index contributed by atoms with van der Waals surface area (Å²) in [5.74, 6) is 1.85. The summed E-state index contributed by atoms with van der Waals surface area (Å²) in [5.41, 5.74) is 5.51. The van der Waals surface area contributed by atoms with Crippen molar-refractivity contribution >= 4 is 11.7 Å². The molecular formula is C13H22N4O. The van der Waals surface area contributed by atoms with Crippen LogP contribution in [0.1, 0.15) is 33.1 Å². The average Bonchev–Trinajstić information content (AvgIpc) is 2.61. The van der Waals surface area contributed by atoms with Crippen molar-refractivity contribution in [3.05, 3.63) is 12.3 Å². The Balaban J connectivity index is 1.83. The maximum absolute atomic E-state index is 11.9. The second kappa shape index (κ2) is 5.42. The number of hydrogen-bond acceptors (Lipinski definition) is 3. The molecule has 0 aromatic carbocycles. The molecule has 0 saturated heterocycles. The molecule has 5 heteroatoms. The van der Waals surface area contributed by atoms with Crippen LogP contribution in [-0.4, -0.2) is 21.7 Å². The van der Waals surface area contributed by atoms with Gasteiger partial charge in [-0.1, -0.05) is 13.8 Å². The smallest absolute Gasteiger partial charge is 0.241 e. The summed E-state index contributed by atoms with van der Waals surface area (Å²) in [4.78, 5) is 11.9. The van der Waals surface area contributed by atoms with E-state index >= 15 is 0 Å². The molecule has 2 atom stereocenters. The molecule has 2 unspecified atom stereocenters. The third kappa shape index (κ3) is 3.48. The molecule has 0 aliphatic heterocycles. The topological polar surface area (TPSA) is 72.9 Å². The summed E-state index contributed by atoms with van der Waals surface area (Å²) < 4.78 is 1.57. The number of hydrogen-bond donors (Lipinski definition) is 2. The van der Waals surface area contributed by atoms with Crippen LogP contribution >= 0.6 is 0 Å². The Morgan fingerprint density at radius 1 is 1.44 bits per heavy atom. The number of carbonyl (C=O) groups excluding carboxylic acids is 1. The van der Waals surface area contributed by atoms with Gasteiger partial charge >= 0.3 is 0 Å². The van der Waals surface area contributed by atoms with Crippen molar-refractivity contribution in [2.75, 3.05) is 5.73 Å². The summed E-state index contributed by atoms with van der Waals surface area (Å²) >= 11 is 0. The molecule has 100 valence electrons. The van der Waals surface area contributed by atoms with Gasteiger partial charge in [-0.15, -0.1) is 0 Å². The van der Waals surface area contributed by atoms with Crippen LogP contribution in [0.25, 0.3) is 0 Å². The highest BCUT2D eigenvalue weighted by molar-refractivity contribution is 5.76. The normalized spacial score (nSPS) is 28.0. The van der Waals surface area contributed by atoms with Crippen LogP contribution in [0.2, 0.25) is 0 Å². The van der Waals surface area contributed by atoms with E-state index in [4.69, 9.17) is 5.73 Å². The summed E-state index contributed by atoms with van der Waals surface area (Å²) in [6.45, 7) is 4.75. The van der Waals surface area contributed by atoms with Gasteiger partial charge in [-0.3, -0.25) is 9.48 Å². The molecule has 0 spiro atoms. The van der Waals surface area contributed by atoms with Gasteiger partial charge in [0.15, 0.2) is 0 Å². The van der Waals surface area contributed by atoms with Crippen molar-refractivity contribution in [3.8, 4) is 0 Å². The Kier molecular flexibility index (Phi) is 3.89. The molecule has 2 rings (SSSR count). The zero-order chi connectivity index (χ0) is 13.1. The van der Waals surface area contributed by atoms with Crippen molar-refractivity contribution in [2.45, 2.75) is 45.7 Å². The molecule has 0 bridgehead atoms. The van der Waals surface area contributed by atoms with Gasteiger partial charge in [-0.25, -0.2) is 0 Å². The van der Waals surface area contributed by atoms with Gasteiger partial charge in [0.25, 0.3) is 0 Å². The van der Waals surface area contributed by atoms with Gasteiger partial charge in [-0.05, 0) is 37.2 Å². The lowest BCUT2D eigenvalue weighted by Gasteiger charge is -2.31. The van der Waals surface area contributed by atoms with Crippen LogP contribution in [-0.2, 0) is 11.3 Å². The van der Waals surface area contributed by atoms with Crippen molar-refractivity contribution < 1.29 is 4.79 Å². The number of nitrogens with two attached hydrogens (primary N) is 1. The van der Waals surface area contributed by atoms with Crippen LogP contribution in [0.3, 0.4) is 0 Å². The number of nitrogens with zero attached hydrogens (tertiary/aromatic N) is 2. The van der Waals surface area contributed by atoms with Gasteiger partial charge < -0.3 is 11.1 Å². The van der Waals surface area contributed by atoms with E-state index in [1.165, 1.54) is 6.42 Å². The molecule has 1 aliphatic carbocycles. The molecule has 1 heterocycles. The molecule has 5 nitrogen and oxygen atoms in total. The van der Waals surface area contributed by atoms with Crippen LogP contribution in [0.4, 0.5) is 5.82 Å². The van der Waals surface area contributed by atoms with E-state index in [9.17, 15) is 4.79 Å². The summed E-state index contributed by atoms with van der Waals surface area (Å²) in [6.07, 6.45) is 5.15. The van der Waals surface area contributed by atoms with Gasteiger partial charge in [-0.2, -0.15) is 5.10 Å². The van der Waals surface area contributed by atoms with E-state index in [1.54, 1.807) is 16.9 Å². The van der Waals surface area contributed by atoms with E-state index in [-0.39, 0.29) is 12.5 Å². The maximum Gasteiger partial charge on any atom is 0.241 e. The third-order valence-electron chi connectivity index (χ3n) is 3.51. The lowest BCUT2D eigenvalue weighted by atomic mass is 9.80. The first-order chi connectivity index (χ1) is 8.52. The number of nitrogen functional groups attached to an aromatic ring is 1. The van der Waals surface area contributed by atoms with E-state index in [0.29, 0.717) is 23.7 Å². The predicted octanol–water partition coefficient (Wildman–Crippen LogP) is 1.41. The van der Waals surface area contributed by atoms with Gasteiger partial charge in [0.2, 0.25) is 5.91 Å². The van der Waals surface area contributed by atoms with Gasteiger partial charge in [0, 0.05) is 12.2 Å². The monoisotopic (exact) mass is 250 g/mol. The van der Waals surface area contributed by atoms with E-state index in [2.05, 4.69) is 24.3 Å². The largest absolute Gasteiger partial charge is 0.382 e. The minimum Gasteiger partial charge on any atom is -0.382 e. The lowest BCUT2D eigenvalue weighted by Crippen LogP contribution is -2.41. The molecule has 1 fully saturated rings. The lowest BCUT2D eigenvalue weighted by molar-refractivity contribution is -0.122. The maximum atomic E-state index is 11.9. The fraction of sp³-hybridized carbons (Fsp3) is 0.692. The zero-order valence-corrected chi connectivity index (χ0v) is 11.1. The molecule has 1 saturated carbocycles. The Bertz CT molecular complexity index is 405. The average molecular weight is 250 g/mol. The molecule has 0 radical (unpaired) electrons. The fourth-order valence-corrected chi connectivity index (χ4v) is 2.95. The first kappa shape index (κ1) is 12.9. The van der Waals surface area contributed by atoms with Crippen LogP contribution in [0.15, 0.2) is 12.3 Å². The Hall–Kier alpha value is -1.52. The SMILES string of the molecule is CC1CC(C)CC(NC(=O)Cn2ccc(N)n2)C1.